The van der Waals surface area contributed by atoms with Gasteiger partial charge in [-0.15, -0.1) is 0 Å². The number of benzene rings is 2. The van der Waals surface area contributed by atoms with Crippen LogP contribution >= 0.6 is 0 Å². The van der Waals surface area contributed by atoms with Gasteiger partial charge >= 0.3 is 0 Å². The largest absolute Gasteiger partial charge is 0.352 e. The van der Waals surface area contributed by atoms with E-state index in [0.717, 1.165) is 41.0 Å². The lowest BCUT2D eigenvalue weighted by Crippen LogP contribution is -2.25. The second kappa shape index (κ2) is 9.40. The first-order valence-electron chi connectivity index (χ1n) is 10.8. The number of aryl methyl sites for hydroxylation is 1. The van der Waals surface area contributed by atoms with E-state index in [2.05, 4.69) is 15.3 Å². The van der Waals surface area contributed by atoms with Crippen molar-refractivity contribution in [3.05, 3.63) is 97.3 Å². The Balaban J connectivity index is 1.43. The molecule has 7 heteroatoms. The average Bonchev–Trinajstić information content (AvgIpc) is 3.40. The van der Waals surface area contributed by atoms with Gasteiger partial charge in [0.25, 0.3) is 5.91 Å². The highest BCUT2D eigenvalue weighted by atomic mass is 16.1. The van der Waals surface area contributed by atoms with Crippen molar-refractivity contribution in [2.45, 2.75) is 13.0 Å². The van der Waals surface area contributed by atoms with Crippen molar-refractivity contribution in [2.75, 3.05) is 6.54 Å². The first-order valence-corrected chi connectivity index (χ1v) is 10.8. The molecule has 1 N–H and O–H groups in total. The van der Waals surface area contributed by atoms with Gasteiger partial charge in [0.15, 0.2) is 0 Å². The van der Waals surface area contributed by atoms with Crippen LogP contribution in [0.25, 0.3) is 33.5 Å². The van der Waals surface area contributed by atoms with E-state index in [-0.39, 0.29) is 5.91 Å². The molecule has 0 atom stereocenters. The lowest BCUT2D eigenvalue weighted by atomic mass is 10.0. The Morgan fingerprint density at radius 2 is 1.67 bits per heavy atom. The molecule has 0 saturated heterocycles. The van der Waals surface area contributed by atoms with Crippen LogP contribution in [0.5, 0.6) is 0 Å². The molecule has 3 heterocycles. The summed E-state index contributed by atoms with van der Waals surface area (Å²) in [6.07, 6.45) is 9.76. The second-order valence-corrected chi connectivity index (χ2v) is 7.64. The number of pyridine rings is 1. The number of hydrogen-bond donors (Lipinski definition) is 1. The first-order chi connectivity index (χ1) is 16.3. The van der Waals surface area contributed by atoms with Gasteiger partial charge in [0, 0.05) is 54.6 Å². The number of amides is 1. The number of imidazole rings is 1. The van der Waals surface area contributed by atoms with Crippen LogP contribution in [-0.4, -0.2) is 37.0 Å². The van der Waals surface area contributed by atoms with Gasteiger partial charge < -0.3 is 9.88 Å². The molecule has 0 spiro atoms. The van der Waals surface area contributed by atoms with Crippen LogP contribution in [0, 0.1) is 0 Å². The smallest absolute Gasteiger partial charge is 0.251 e. The molecular weight excluding hydrogens is 412 g/mol. The Kier molecular flexibility index (Phi) is 5.84. The van der Waals surface area contributed by atoms with Crippen molar-refractivity contribution in [3.8, 4) is 22.5 Å². The van der Waals surface area contributed by atoms with E-state index in [9.17, 15) is 4.79 Å². The van der Waals surface area contributed by atoms with E-state index in [1.807, 2.05) is 59.3 Å². The van der Waals surface area contributed by atoms with E-state index in [0.29, 0.717) is 17.6 Å². The summed E-state index contributed by atoms with van der Waals surface area (Å²) in [4.78, 5) is 30.8. The number of nitrogens with one attached hydrogen (secondary N) is 1. The molecule has 1 amide bonds. The molecule has 0 aliphatic heterocycles. The topological polar surface area (TPSA) is 85.6 Å². The second-order valence-electron chi connectivity index (χ2n) is 7.64. The SMILES string of the molecule is O=C(NCCCn1ccnc1)c1ccc2nc(-c3ccccc3)c(-c3cccnc3)nc2c1. The molecule has 5 aromatic rings. The van der Waals surface area contributed by atoms with E-state index in [1.54, 1.807) is 37.1 Å². The molecule has 0 fully saturated rings. The third-order valence-electron chi connectivity index (χ3n) is 5.35. The number of carbonyl (C=O) groups is 1. The Bertz CT molecular complexity index is 1370. The van der Waals surface area contributed by atoms with Crippen molar-refractivity contribution in [2.24, 2.45) is 0 Å². The van der Waals surface area contributed by atoms with Gasteiger partial charge in [0.1, 0.15) is 0 Å². The van der Waals surface area contributed by atoms with Crippen LogP contribution in [0.1, 0.15) is 16.8 Å². The monoisotopic (exact) mass is 434 g/mol. The normalized spacial score (nSPS) is 10.9. The summed E-state index contributed by atoms with van der Waals surface area (Å²) in [6, 6.07) is 19.2. The van der Waals surface area contributed by atoms with Gasteiger partial charge in [-0.05, 0) is 36.8 Å². The highest BCUT2D eigenvalue weighted by Crippen LogP contribution is 2.30. The van der Waals surface area contributed by atoms with Crippen LogP contribution in [0.2, 0.25) is 0 Å². The summed E-state index contributed by atoms with van der Waals surface area (Å²) < 4.78 is 1.99. The summed E-state index contributed by atoms with van der Waals surface area (Å²) in [5, 5.41) is 2.98. The van der Waals surface area contributed by atoms with E-state index < -0.39 is 0 Å². The van der Waals surface area contributed by atoms with Crippen molar-refractivity contribution < 1.29 is 4.79 Å². The molecule has 33 heavy (non-hydrogen) atoms. The zero-order valence-corrected chi connectivity index (χ0v) is 17.9. The summed E-state index contributed by atoms with van der Waals surface area (Å²) in [6.45, 7) is 1.38. The lowest BCUT2D eigenvalue weighted by molar-refractivity contribution is 0.0953. The third kappa shape index (κ3) is 4.62. The van der Waals surface area contributed by atoms with Gasteiger partial charge in [0.05, 0.1) is 28.7 Å². The minimum absolute atomic E-state index is 0.126. The van der Waals surface area contributed by atoms with Crippen molar-refractivity contribution >= 4 is 16.9 Å². The molecule has 0 aliphatic rings. The number of hydrogen-bond acceptors (Lipinski definition) is 5. The minimum Gasteiger partial charge on any atom is -0.352 e. The Labute approximate surface area is 191 Å². The Morgan fingerprint density at radius 3 is 2.45 bits per heavy atom. The zero-order valence-electron chi connectivity index (χ0n) is 17.9. The van der Waals surface area contributed by atoms with Crippen LogP contribution in [0.15, 0.2) is 91.8 Å². The number of rotatable bonds is 7. The van der Waals surface area contributed by atoms with Gasteiger partial charge in [0.2, 0.25) is 0 Å². The third-order valence-corrected chi connectivity index (χ3v) is 5.35. The van der Waals surface area contributed by atoms with Crippen LogP contribution in [-0.2, 0) is 6.54 Å². The lowest BCUT2D eigenvalue weighted by Gasteiger charge is -2.11. The molecule has 0 unspecified atom stereocenters. The number of fused-ring (bicyclic) bond motifs is 1. The first kappa shape index (κ1) is 20.5. The molecule has 0 aliphatic carbocycles. The van der Waals surface area contributed by atoms with Gasteiger partial charge in [-0.3, -0.25) is 9.78 Å². The van der Waals surface area contributed by atoms with E-state index in [4.69, 9.17) is 9.97 Å². The van der Waals surface area contributed by atoms with Crippen LogP contribution in [0.3, 0.4) is 0 Å². The highest BCUT2D eigenvalue weighted by molar-refractivity contribution is 5.98. The number of nitrogens with zero attached hydrogens (tertiary/aromatic N) is 5. The summed E-state index contributed by atoms with van der Waals surface area (Å²) >= 11 is 0. The highest BCUT2D eigenvalue weighted by Gasteiger charge is 2.15. The average molecular weight is 435 g/mol. The summed E-state index contributed by atoms with van der Waals surface area (Å²) in [7, 11) is 0. The molecule has 3 aromatic heterocycles. The zero-order chi connectivity index (χ0) is 22.5. The molecule has 7 nitrogen and oxygen atoms in total. The Hall–Kier alpha value is -4.39. The number of aromatic nitrogens is 5. The molecule has 0 bridgehead atoms. The van der Waals surface area contributed by atoms with Crippen LogP contribution in [0.4, 0.5) is 0 Å². The molecular formula is C26H22N6O. The maximum atomic E-state index is 12.7. The maximum Gasteiger partial charge on any atom is 0.251 e. The molecule has 162 valence electrons. The molecule has 0 saturated carbocycles. The van der Waals surface area contributed by atoms with Crippen molar-refractivity contribution in [1.82, 2.24) is 29.8 Å². The van der Waals surface area contributed by atoms with E-state index >= 15 is 0 Å². The minimum atomic E-state index is -0.126. The summed E-state index contributed by atoms with van der Waals surface area (Å²) in [5.41, 5.74) is 5.33. The van der Waals surface area contributed by atoms with E-state index in [1.165, 1.54) is 0 Å². The van der Waals surface area contributed by atoms with Gasteiger partial charge in [-0.2, -0.15) is 0 Å². The van der Waals surface area contributed by atoms with Crippen molar-refractivity contribution in [1.29, 1.82) is 0 Å². The maximum absolute atomic E-state index is 12.7. The fraction of sp³-hybridized carbons (Fsp3) is 0.115. The van der Waals surface area contributed by atoms with Gasteiger partial charge in [-0.25, -0.2) is 15.0 Å². The molecule has 0 radical (unpaired) electrons. The number of carbonyl (C=O) groups excluding carboxylic acids is 1. The molecule has 2 aromatic carbocycles. The van der Waals surface area contributed by atoms with Gasteiger partial charge in [-0.1, -0.05) is 30.3 Å². The van der Waals surface area contributed by atoms with Crippen molar-refractivity contribution in [3.63, 3.8) is 0 Å². The fourth-order valence-corrected chi connectivity index (χ4v) is 3.68. The predicted octanol–water partition coefficient (Wildman–Crippen LogP) is 4.38. The van der Waals surface area contributed by atoms with Crippen LogP contribution < -0.4 is 5.32 Å². The Morgan fingerprint density at radius 1 is 0.848 bits per heavy atom. The standard InChI is InChI=1S/C26H22N6O/c33-26(29-12-5-14-32-15-13-28-18-32)20-9-10-22-23(16-20)31-25(21-8-4-11-27-17-21)24(30-22)19-6-2-1-3-7-19/h1-4,6-11,13,15-18H,5,12,14H2,(H,29,33). The quantitative estimate of drug-likeness (QED) is 0.384. The molecule has 5 rings (SSSR count). The fourth-order valence-electron chi connectivity index (χ4n) is 3.68. The predicted molar refractivity (Wildman–Crippen MR) is 127 cm³/mol. The summed E-state index contributed by atoms with van der Waals surface area (Å²) in [5.74, 6) is -0.126.